The number of carbonyl (C=O) groups excluding carboxylic acids is 2. The maximum atomic E-state index is 13.2. The number of pyridine rings is 1. The van der Waals surface area contributed by atoms with Gasteiger partial charge in [0.05, 0.1) is 6.42 Å². The molecule has 0 aliphatic carbocycles. The molecular weight excluding hydrogens is 404 g/mol. The number of hydrogen-bond donors (Lipinski definition) is 2. The Balaban J connectivity index is 1.73. The molecule has 2 aromatic rings. The summed E-state index contributed by atoms with van der Waals surface area (Å²) in [5, 5.41) is 5.76. The van der Waals surface area contributed by atoms with E-state index in [0.29, 0.717) is 12.1 Å². The Labute approximate surface area is 189 Å². The molecule has 1 aromatic carbocycles. The van der Waals surface area contributed by atoms with Gasteiger partial charge < -0.3 is 20.1 Å². The fourth-order valence-electron chi connectivity index (χ4n) is 4.09. The number of carbonyl (C=O) groups is 2. The Bertz CT molecular complexity index is 963. The molecule has 0 bridgehead atoms. The summed E-state index contributed by atoms with van der Waals surface area (Å²) in [5.41, 5.74) is 1.68. The molecule has 0 saturated carbocycles. The van der Waals surface area contributed by atoms with Crippen LogP contribution in [0.15, 0.2) is 47.4 Å². The first-order chi connectivity index (χ1) is 15.4. The quantitative estimate of drug-likeness (QED) is 0.629. The lowest BCUT2D eigenvalue weighted by atomic mass is 9.99. The molecule has 0 spiro atoms. The lowest BCUT2D eigenvalue weighted by Crippen LogP contribution is -2.40. The molecule has 7 heteroatoms. The van der Waals surface area contributed by atoms with E-state index in [9.17, 15) is 14.4 Å². The van der Waals surface area contributed by atoms with Crippen molar-refractivity contribution in [1.29, 1.82) is 0 Å². The topological polar surface area (TPSA) is 83.4 Å². The number of nitrogens with zero attached hydrogens (tertiary/aromatic N) is 2. The minimum absolute atomic E-state index is 0.0145. The van der Waals surface area contributed by atoms with Gasteiger partial charge in [0.2, 0.25) is 11.8 Å². The second kappa shape index (κ2) is 11.6. The van der Waals surface area contributed by atoms with Gasteiger partial charge in [-0.2, -0.15) is 0 Å². The summed E-state index contributed by atoms with van der Waals surface area (Å²) in [6.07, 6.45) is 5.31. The second-order valence-corrected chi connectivity index (χ2v) is 8.66. The molecule has 1 aliphatic rings. The standard InChI is InChI=1S/C25H34N4O3/c1-19(2)27-23(30)17-22-21(20-9-5-3-6-10-20)11-15-29(25(22)32)18-24(31)26-12-16-28-13-7-4-8-14-28/h3,5-6,9-11,15,19H,4,7-8,12-14,16-18H2,1-2H3,(H,26,31)(H,27,30). The lowest BCUT2D eigenvalue weighted by Gasteiger charge is -2.26. The van der Waals surface area contributed by atoms with Crippen molar-refractivity contribution in [3.05, 3.63) is 58.5 Å². The van der Waals surface area contributed by atoms with Crippen LogP contribution in [-0.2, 0) is 22.6 Å². The number of likely N-dealkylation sites (tertiary alicyclic amines) is 1. The average Bonchev–Trinajstić information content (AvgIpc) is 2.77. The molecule has 1 saturated heterocycles. The van der Waals surface area contributed by atoms with E-state index in [-0.39, 0.29) is 36.4 Å². The Kier molecular flexibility index (Phi) is 8.62. The summed E-state index contributed by atoms with van der Waals surface area (Å²) >= 11 is 0. The van der Waals surface area contributed by atoms with Crippen LogP contribution < -0.4 is 16.2 Å². The Morgan fingerprint density at radius 2 is 1.72 bits per heavy atom. The lowest BCUT2D eigenvalue weighted by molar-refractivity contribution is -0.122. The summed E-state index contributed by atoms with van der Waals surface area (Å²) in [6, 6.07) is 11.3. The molecule has 32 heavy (non-hydrogen) atoms. The van der Waals surface area contributed by atoms with Crippen LogP contribution in [0.2, 0.25) is 0 Å². The first-order valence-electron chi connectivity index (χ1n) is 11.5. The highest BCUT2D eigenvalue weighted by molar-refractivity contribution is 5.82. The monoisotopic (exact) mass is 438 g/mol. The van der Waals surface area contributed by atoms with Crippen LogP contribution in [0.25, 0.3) is 11.1 Å². The van der Waals surface area contributed by atoms with Gasteiger partial charge in [-0.1, -0.05) is 36.8 Å². The van der Waals surface area contributed by atoms with E-state index in [0.717, 1.165) is 30.8 Å². The predicted molar refractivity (Wildman–Crippen MR) is 126 cm³/mol. The van der Waals surface area contributed by atoms with Crippen molar-refractivity contribution in [2.45, 2.75) is 52.1 Å². The van der Waals surface area contributed by atoms with Gasteiger partial charge in [-0.25, -0.2) is 0 Å². The van der Waals surface area contributed by atoms with Crippen molar-refractivity contribution >= 4 is 11.8 Å². The Morgan fingerprint density at radius 3 is 2.41 bits per heavy atom. The largest absolute Gasteiger partial charge is 0.354 e. The SMILES string of the molecule is CC(C)NC(=O)Cc1c(-c2ccccc2)ccn(CC(=O)NCCN2CCCCC2)c1=O. The number of amides is 2. The Morgan fingerprint density at radius 1 is 1.00 bits per heavy atom. The van der Waals surface area contributed by atoms with E-state index in [1.165, 1.54) is 23.8 Å². The molecular formula is C25H34N4O3. The van der Waals surface area contributed by atoms with Crippen LogP contribution in [-0.4, -0.2) is 53.5 Å². The van der Waals surface area contributed by atoms with Crippen molar-refractivity contribution in [3.63, 3.8) is 0 Å². The number of aromatic nitrogens is 1. The summed E-state index contributed by atoms with van der Waals surface area (Å²) in [4.78, 5) is 40.5. The predicted octanol–water partition coefficient (Wildman–Crippen LogP) is 2.18. The molecule has 2 amide bonds. The fourth-order valence-corrected chi connectivity index (χ4v) is 4.09. The van der Waals surface area contributed by atoms with Crippen molar-refractivity contribution in [3.8, 4) is 11.1 Å². The van der Waals surface area contributed by atoms with Gasteiger partial charge in [0, 0.05) is 30.9 Å². The third-order valence-electron chi connectivity index (χ3n) is 5.65. The van der Waals surface area contributed by atoms with Crippen molar-refractivity contribution in [2.75, 3.05) is 26.2 Å². The van der Waals surface area contributed by atoms with E-state index in [4.69, 9.17) is 0 Å². The number of nitrogens with one attached hydrogen (secondary N) is 2. The van der Waals surface area contributed by atoms with Gasteiger partial charge >= 0.3 is 0 Å². The third kappa shape index (κ3) is 6.79. The number of piperidine rings is 1. The van der Waals surface area contributed by atoms with Crippen LogP contribution in [0.4, 0.5) is 0 Å². The molecule has 3 rings (SSSR count). The average molecular weight is 439 g/mol. The van der Waals surface area contributed by atoms with Crippen LogP contribution in [0, 0.1) is 0 Å². The first-order valence-corrected chi connectivity index (χ1v) is 11.5. The maximum Gasteiger partial charge on any atom is 0.255 e. The minimum Gasteiger partial charge on any atom is -0.354 e. The van der Waals surface area contributed by atoms with Crippen LogP contribution in [0.1, 0.15) is 38.7 Å². The molecule has 0 atom stereocenters. The van der Waals surface area contributed by atoms with Crippen molar-refractivity contribution in [1.82, 2.24) is 20.1 Å². The van der Waals surface area contributed by atoms with Crippen LogP contribution in [0.5, 0.6) is 0 Å². The third-order valence-corrected chi connectivity index (χ3v) is 5.65. The van der Waals surface area contributed by atoms with Crippen LogP contribution in [0.3, 0.4) is 0 Å². The van der Waals surface area contributed by atoms with E-state index < -0.39 is 0 Å². The van der Waals surface area contributed by atoms with Gasteiger partial charge in [0.15, 0.2) is 0 Å². The summed E-state index contributed by atoms with van der Waals surface area (Å²) < 4.78 is 1.39. The van der Waals surface area contributed by atoms with E-state index >= 15 is 0 Å². The first kappa shape index (κ1) is 23.7. The Hall–Kier alpha value is -2.93. The van der Waals surface area contributed by atoms with Gasteiger partial charge in [-0.05, 0) is 57.0 Å². The van der Waals surface area contributed by atoms with Gasteiger partial charge in [-0.15, -0.1) is 0 Å². The maximum absolute atomic E-state index is 13.2. The zero-order chi connectivity index (χ0) is 22.9. The van der Waals surface area contributed by atoms with Crippen molar-refractivity contribution in [2.24, 2.45) is 0 Å². The van der Waals surface area contributed by atoms with Gasteiger partial charge in [0.25, 0.3) is 5.56 Å². The second-order valence-electron chi connectivity index (χ2n) is 8.66. The molecule has 1 aromatic heterocycles. The molecule has 2 heterocycles. The highest BCUT2D eigenvalue weighted by Gasteiger charge is 2.17. The number of hydrogen-bond acceptors (Lipinski definition) is 4. The normalized spacial score (nSPS) is 14.3. The fraction of sp³-hybridized carbons (Fsp3) is 0.480. The molecule has 7 nitrogen and oxygen atoms in total. The van der Waals surface area contributed by atoms with E-state index in [1.54, 1.807) is 6.20 Å². The summed E-state index contributed by atoms with van der Waals surface area (Å²) in [5.74, 6) is -0.410. The molecule has 1 fully saturated rings. The number of benzene rings is 1. The molecule has 0 unspecified atom stereocenters. The van der Waals surface area contributed by atoms with E-state index in [2.05, 4.69) is 15.5 Å². The van der Waals surface area contributed by atoms with Gasteiger partial charge in [-0.3, -0.25) is 14.4 Å². The number of rotatable bonds is 9. The summed E-state index contributed by atoms with van der Waals surface area (Å²) in [7, 11) is 0. The highest BCUT2D eigenvalue weighted by atomic mass is 16.2. The molecule has 1 aliphatic heterocycles. The molecule has 172 valence electrons. The van der Waals surface area contributed by atoms with Crippen LogP contribution >= 0.6 is 0 Å². The highest BCUT2D eigenvalue weighted by Crippen LogP contribution is 2.21. The van der Waals surface area contributed by atoms with Gasteiger partial charge in [0.1, 0.15) is 6.54 Å². The molecule has 2 N–H and O–H groups in total. The zero-order valence-corrected chi connectivity index (χ0v) is 19.1. The zero-order valence-electron chi connectivity index (χ0n) is 19.1. The minimum atomic E-state index is -0.309. The van der Waals surface area contributed by atoms with E-state index in [1.807, 2.05) is 50.2 Å². The van der Waals surface area contributed by atoms with Crippen molar-refractivity contribution < 1.29 is 9.59 Å². The summed E-state index contributed by atoms with van der Waals surface area (Å²) in [6.45, 7) is 7.26. The molecule has 0 radical (unpaired) electrons. The smallest absolute Gasteiger partial charge is 0.255 e.